The van der Waals surface area contributed by atoms with Crippen LogP contribution in [0.4, 0.5) is 0 Å². The van der Waals surface area contributed by atoms with Gasteiger partial charge in [-0.3, -0.25) is 0 Å². The Morgan fingerprint density at radius 3 is 0.750 bits per heavy atom. The Morgan fingerprint density at radius 2 is 0.583 bits per heavy atom. The van der Waals surface area contributed by atoms with Gasteiger partial charge in [0.1, 0.15) is 0 Å². The number of fused-ring (bicyclic) bond motifs is 2. The maximum Gasteiger partial charge on any atom is -0.0258 e. The normalized spacial score (nSPS) is 45.5. The molecule has 0 aromatic heterocycles. The highest BCUT2D eigenvalue weighted by molar-refractivity contribution is 5.18. The molecule has 0 aromatic carbocycles. The van der Waals surface area contributed by atoms with Crippen molar-refractivity contribution < 1.29 is 0 Å². The minimum Gasteiger partial charge on any atom is -0.0622 e. The first-order valence-corrected chi connectivity index (χ1v) is 11.0. The Hall–Kier alpha value is 0. The van der Waals surface area contributed by atoms with Crippen LogP contribution in [0.5, 0.6) is 0 Å². The lowest BCUT2D eigenvalue weighted by Crippen LogP contribution is -2.66. The first-order valence-electron chi connectivity index (χ1n) is 11.0. The molecule has 0 heterocycles. The summed E-state index contributed by atoms with van der Waals surface area (Å²) in [4.78, 5) is 0. The first-order chi connectivity index (χ1) is 11.0. The number of rotatable bonds is 4. The SMILES string of the molecule is CC(C)C12CC(C(C)C)(C1)C2.CC(C)C12CCC(C(C)C)(CC1)C2. The molecule has 0 spiro atoms. The highest BCUT2D eigenvalue weighted by atomic mass is 14.7. The summed E-state index contributed by atoms with van der Waals surface area (Å²) in [5.74, 6) is 3.69. The molecular formula is C24H44. The van der Waals surface area contributed by atoms with Gasteiger partial charge in [0.2, 0.25) is 0 Å². The molecule has 24 heavy (non-hydrogen) atoms. The van der Waals surface area contributed by atoms with Crippen LogP contribution in [0.1, 0.15) is 107 Å². The molecule has 5 aliphatic rings. The molecule has 0 saturated heterocycles. The predicted molar refractivity (Wildman–Crippen MR) is 106 cm³/mol. The highest BCUT2D eigenvalue weighted by Gasteiger charge is 2.69. The molecule has 0 nitrogen and oxygen atoms in total. The fourth-order valence-electron chi connectivity index (χ4n) is 7.04. The molecule has 0 atom stereocenters. The third kappa shape index (κ3) is 2.52. The van der Waals surface area contributed by atoms with E-state index in [1.165, 1.54) is 51.4 Å². The molecule has 0 heteroatoms. The molecule has 5 aliphatic carbocycles. The van der Waals surface area contributed by atoms with Crippen LogP contribution in [-0.4, -0.2) is 0 Å². The lowest BCUT2D eigenvalue weighted by Gasteiger charge is -2.75. The van der Waals surface area contributed by atoms with E-state index < -0.39 is 0 Å². The summed E-state index contributed by atoms with van der Waals surface area (Å²) in [5.41, 5.74) is 3.13. The molecule has 0 N–H and O–H groups in total. The van der Waals surface area contributed by atoms with E-state index in [2.05, 4.69) is 55.4 Å². The summed E-state index contributed by atoms with van der Waals surface area (Å²) in [6.07, 6.45) is 12.2. The van der Waals surface area contributed by atoms with Crippen molar-refractivity contribution in [2.45, 2.75) is 107 Å². The second-order valence-electron chi connectivity index (χ2n) is 11.8. The van der Waals surface area contributed by atoms with Crippen LogP contribution in [0.3, 0.4) is 0 Å². The summed E-state index contributed by atoms with van der Waals surface area (Å²) < 4.78 is 0. The zero-order chi connectivity index (χ0) is 18.0. The van der Waals surface area contributed by atoms with Crippen LogP contribution in [0.2, 0.25) is 0 Å². The molecule has 0 amide bonds. The third-order valence-electron chi connectivity index (χ3n) is 9.96. The van der Waals surface area contributed by atoms with Crippen molar-refractivity contribution in [2.24, 2.45) is 45.3 Å². The Morgan fingerprint density at radius 1 is 0.375 bits per heavy atom. The van der Waals surface area contributed by atoms with Crippen molar-refractivity contribution in [1.82, 2.24) is 0 Å². The zero-order valence-corrected chi connectivity index (χ0v) is 18.0. The Bertz CT molecular complexity index is 397. The lowest BCUT2D eigenvalue weighted by atomic mass is 9.30. The standard InChI is InChI=1S/C13H24.C11H20/c1-10(2)12-5-7-13(9-12,8-6-12)11(3)4;1-8(2)10-5-11(6-10,7-10)9(3)4/h10-11H,5-9H2,1-4H3;8-9H,5-7H2,1-4H3. The van der Waals surface area contributed by atoms with Crippen LogP contribution in [0, 0.1) is 45.3 Å². The number of hydrogen-bond donors (Lipinski definition) is 0. The molecule has 140 valence electrons. The van der Waals surface area contributed by atoms with E-state index in [1.807, 2.05) is 0 Å². The Balaban J connectivity index is 0.000000143. The van der Waals surface area contributed by atoms with Gasteiger partial charge in [0.25, 0.3) is 0 Å². The maximum absolute atomic E-state index is 2.43. The van der Waals surface area contributed by atoms with E-state index in [0.29, 0.717) is 0 Å². The minimum absolute atomic E-state index is 0.754. The van der Waals surface area contributed by atoms with Crippen molar-refractivity contribution in [2.75, 3.05) is 0 Å². The van der Waals surface area contributed by atoms with Gasteiger partial charge in [0.15, 0.2) is 0 Å². The monoisotopic (exact) mass is 332 g/mol. The summed E-state index contributed by atoms with van der Waals surface area (Å²) in [6.45, 7) is 19.3. The van der Waals surface area contributed by atoms with Crippen LogP contribution >= 0.6 is 0 Å². The van der Waals surface area contributed by atoms with Crippen LogP contribution in [-0.2, 0) is 0 Å². The largest absolute Gasteiger partial charge is 0.0622 e. The van der Waals surface area contributed by atoms with Gasteiger partial charge < -0.3 is 0 Å². The number of hydrogen-bond acceptors (Lipinski definition) is 0. The molecule has 4 bridgehead atoms. The molecular weight excluding hydrogens is 288 g/mol. The van der Waals surface area contributed by atoms with E-state index >= 15 is 0 Å². The van der Waals surface area contributed by atoms with Crippen molar-refractivity contribution in [3.8, 4) is 0 Å². The van der Waals surface area contributed by atoms with Gasteiger partial charge in [0.05, 0.1) is 0 Å². The average molecular weight is 333 g/mol. The minimum atomic E-state index is 0.754. The highest BCUT2D eigenvalue weighted by Crippen LogP contribution is 2.78. The van der Waals surface area contributed by atoms with E-state index in [-0.39, 0.29) is 0 Å². The lowest BCUT2D eigenvalue weighted by molar-refractivity contribution is -0.252. The van der Waals surface area contributed by atoms with E-state index in [4.69, 9.17) is 0 Å². The molecule has 0 radical (unpaired) electrons. The quantitative estimate of drug-likeness (QED) is 0.494. The smallest absolute Gasteiger partial charge is 0.0258 e. The van der Waals surface area contributed by atoms with Crippen LogP contribution < -0.4 is 0 Å². The first kappa shape index (κ1) is 18.8. The second-order valence-corrected chi connectivity index (χ2v) is 11.8. The molecule has 0 aliphatic heterocycles. The van der Waals surface area contributed by atoms with E-state index in [9.17, 15) is 0 Å². The van der Waals surface area contributed by atoms with Crippen LogP contribution in [0.15, 0.2) is 0 Å². The molecule has 5 rings (SSSR count). The average Bonchev–Trinajstić information content (AvgIpc) is 2.93. The summed E-state index contributed by atoms with van der Waals surface area (Å²) in [6, 6.07) is 0. The topological polar surface area (TPSA) is 0 Å². The fourth-order valence-corrected chi connectivity index (χ4v) is 7.04. The van der Waals surface area contributed by atoms with E-state index in [0.717, 1.165) is 45.3 Å². The second kappa shape index (κ2) is 5.75. The van der Waals surface area contributed by atoms with Crippen LogP contribution in [0.25, 0.3) is 0 Å². The van der Waals surface area contributed by atoms with Gasteiger partial charge in [0, 0.05) is 0 Å². The molecule has 5 saturated carbocycles. The molecule has 5 fully saturated rings. The summed E-state index contributed by atoms with van der Waals surface area (Å²) >= 11 is 0. The van der Waals surface area contributed by atoms with Gasteiger partial charge in [-0.2, -0.15) is 0 Å². The third-order valence-corrected chi connectivity index (χ3v) is 9.96. The molecule has 0 aromatic rings. The maximum atomic E-state index is 2.43. The molecule has 0 unspecified atom stereocenters. The van der Waals surface area contributed by atoms with Crippen molar-refractivity contribution in [1.29, 1.82) is 0 Å². The fraction of sp³-hybridized carbons (Fsp3) is 1.00. The van der Waals surface area contributed by atoms with Crippen molar-refractivity contribution in [3.05, 3.63) is 0 Å². The van der Waals surface area contributed by atoms with Gasteiger partial charge in [-0.05, 0) is 96.7 Å². The van der Waals surface area contributed by atoms with Gasteiger partial charge in [-0.25, -0.2) is 0 Å². The van der Waals surface area contributed by atoms with E-state index in [1.54, 1.807) is 0 Å². The Kier molecular flexibility index (Phi) is 4.50. The Labute approximate surface area is 152 Å². The summed E-state index contributed by atoms with van der Waals surface area (Å²) in [7, 11) is 0. The van der Waals surface area contributed by atoms with Gasteiger partial charge in [-0.15, -0.1) is 0 Å². The van der Waals surface area contributed by atoms with Gasteiger partial charge in [-0.1, -0.05) is 55.4 Å². The van der Waals surface area contributed by atoms with Crippen molar-refractivity contribution >= 4 is 0 Å². The predicted octanol–water partition coefficient (Wildman–Crippen LogP) is 7.72. The van der Waals surface area contributed by atoms with Crippen molar-refractivity contribution in [3.63, 3.8) is 0 Å². The van der Waals surface area contributed by atoms with Gasteiger partial charge >= 0.3 is 0 Å². The zero-order valence-electron chi connectivity index (χ0n) is 18.0. The summed E-state index contributed by atoms with van der Waals surface area (Å²) in [5, 5.41) is 0.